The zero-order valence-corrected chi connectivity index (χ0v) is 23.7. The van der Waals surface area contributed by atoms with Gasteiger partial charge in [-0.15, -0.1) is 0 Å². The first-order valence-corrected chi connectivity index (χ1v) is 13.4. The van der Waals surface area contributed by atoms with Gasteiger partial charge in [0.15, 0.2) is 4.80 Å². The molecule has 0 saturated carbocycles. The van der Waals surface area contributed by atoms with Gasteiger partial charge in [-0.1, -0.05) is 35.6 Å². The number of amides is 1. The number of thiazole rings is 1. The molecule has 2 heterocycles. The normalized spacial score (nSPS) is 14.8. The molecule has 8 nitrogen and oxygen atoms in total. The Bertz CT molecular complexity index is 1800. The minimum Gasteiger partial charge on any atom is -0.497 e. The number of para-hydroxylation sites is 1. The summed E-state index contributed by atoms with van der Waals surface area (Å²) < 4.78 is 18.5. The van der Waals surface area contributed by atoms with E-state index in [2.05, 4.69) is 5.32 Å². The number of aromatic nitrogens is 1. The van der Waals surface area contributed by atoms with Gasteiger partial charge in [0.2, 0.25) is 0 Å². The molecule has 0 fully saturated rings. The van der Waals surface area contributed by atoms with Gasteiger partial charge >= 0.3 is 0 Å². The predicted molar refractivity (Wildman–Crippen MR) is 156 cm³/mol. The van der Waals surface area contributed by atoms with Crippen LogP contribution in [0.5, 0.6) is 17.2 Å². The number of fused-ring (bicyclic) bond motifs is 1. The summed E-state index contributed by atoms with van der Waals surface area (Å²) in [6, 6.07) is 19.5. The standard InChI is InChI=1S/C31H29N3O5S/c1-18-15-22(37-3)12-11-20(18)16-26-30(36)34-28(24-14-13-23(38-4)17-25(24)39-5)27(19(2)32-31(34)40-26)29(35)33-21-9-7-6-8-10-21/h6-17,28H,1-5H3,(H,33,35)/b26-16-/t28-/m1/s1. The highest BCUT2D eigenvalue weighted by Crippen LogP contribution is 2.37. The van der Waals surface area contributed by atoms with E-state index in [0.29, 0.717) is 43.4 Å². The quantitative estimate of drug-likeness (QED) is 0.369. The Balaban J connectivity index is 1.72. The number of hydrogen-bond acceptors (Lipinski definition) is 7. The fourth-order valence-electron chi connectivity index (χ4n) is 4.75. The van der Waals surface area contributed by atoms with E-state index >= 15 is 0 Å². The highest BCUT2D eigenvalue weighted by molar-refractivity contribution is 7.07. The highest BCUT2D eigenvalue weighted by Gasteiger charge is 2.34. The van der Waals surface area contributed by atoms with Crippen molar-refractivity contribution in [1.82, 2.24) is 4.57 Å². The fraction of sp³-hybridized carbons (Fsp3) is 0.194. The van der Waals surface area contributed by atoms with E-state index in [1.165, 1.54) is 11.3 Å². The van der Waals surface area contributed by atoms with Gasteiger partial charge in [-0.05, 0) is 67.4 Å². The monoisotopic (exact) mass is 555 g/mol. The smallest absolute Gasteiger partial charge is 0.271 e. The maximum absolute atomic E-state index is 14.0. The second-order valence-corrected chi connectivity index (χ2v) is 10.2. The number of ether oxygens (including phenoxy) is 3. The van der Waals surface area contributed by atoms with Crippen molar-refractivity contribution in [3.05, 3.63) is 114 Å². The van der Waals surface area contributed by atoms with Crippen LogP contribution in [0.25, 0.3) is 6.08 Å². The minimum atomic E-state index is -0.778. The third-order valence-electron chi connectivity index (χ3n) is 6.80. The molecular weight excluding hydrogens is 526 g/mol. The number of carbonyl (C=O) groups is 1. The molecule has 0 spiro atoms. The molecule has 0 aliphatic carbocycles. The highest BCUT2D eigenvalue weighted by atomic mass is 32.1. The summed E-state index contributed by atoms with van der Waals surface area (Å²) in [4.78, 5) is 33.0. The molecule has 9 heteroatoms. The van der Waals surface area contributed by atoms with Gasteiger partial charge in [0.05, 0.1) is 37.1 Å². The first kappa shape index (κ1) is 27.0. The zero-order chi connectivity index (χ0) is 28.4. The van der Waals surface area contributed by atoms with E-state index in [-0.39, 0.29) is 11.5 Å². The lowest BCUT2D eigenvalue weighted by molar-refractivity contribution is -0.113. The number of nitrogens with zero attached hydrogens (tertiary/aromatic N) is 2. The summed E-state index contributed by atoms with van der Waals surface area (Å²) in [6.07, 6.45) is 1.85. The number of anilines is 1. The molecule has 0 unspecified atom stereocenters. The Morgan fingerprint density at radius 2 is 1.65 bits per heavy atom. The van der Waals surface area contributed by atoms with E-state index < -0.39 is 6.04 Å². The van der Waals surface area contributed by atoms with Gasteiger partial charge in [-0.2, -0.15) is 0 Å². The second-order valence-electron chi connectivity index (χ2n) is 9.23. The molecule has 0 radical (unpaired) electrons. The third-order valence-corrected chi connectivity index (χ3v) is 7.78. The lowest BCUT2D eigenvalue weighted by Crippen LogP contribution is -2.40. The van der Waals surface area contributed by atoms with Gasteiger partial charge in [0.1, 0.15) is 23.3 Å². The molecule has 1 aliphatic rings. The zero-order valence-electron chi connectivity index (χ0n) is 22.8. The van der Waals surface area contributed by atoms with Gasteiger partial charge in [-0.3, -0.25) is 14.2 Å². The number of nitrogens with one attached hydrogen (secondary N) is 1. The molecule has 1 N–H and O–H groups in total. The Morgan fingerprint density at radius 3 is 2.33 bits per heavy atom. The van der Waals surface area contributed by atoms with Crippen molar-refractivity contribution in [2.24, 2.45) is 4.99 Å². The first-order chi connectivity index (χ1) is 19.3. The summed E-state index contributed by atoms with van der Waals surface area (Å²) in [5, 5.41) is 2.96. The average Bonchev–Trinajstić information content (AvgIpc) is 3.27. The molecule has 1 atom stereocenters. The molecule has 40 heavy (non-hydrogen) atoms. The van der Waals surface area contributed by atoms with Crippen LogP contribution in [0.15, 0.2) is 87.8 Å². The van der Waals surface area contributed by atoms with E-state index in [0.717, 1.165) is 16.9 Å². The Hall–Kier alpha value is -4.63. The van der Waals surface area contributed by atoms with Gasteiger partial charge < -0.3 is 19.5 Å². The van der Waals surface area contributed by atoms with Crippen LogP contribution in [0.3, 0.4) is 0 Å². The van der Waals surface area contributed by atoms with E-state index in [1.54, 1.807) is 45.0 Å². The lowest BCUT2D eigenvalue weighted by atomic mass is 9.94. The van der Waals surface area contributed by atoms with E-state index in [4.69, 9.17) is 19.2 Å². The number of methoxy groups -OCH3 is 3. The van der Waals surface area contributed by atoms with Crippen LogP contribution in [0.4, 0.5) is 5.69 Å². The molecule has 3 aromatic carbocycles. The number of rotatable bonds is 7. The number of carbonyl (C=O) groups excluding carboxylic acids is 1. The SMILES string of the molecule is COc1ccc(/C=c2\sc3n(c2=O)[C@H](c2ccc(OC)cc2OC)C(C(=O)Nc2ccccc2)=C(C)N=3)c(C)c1. The van der Waals surface area contributed by atoms with Crippen molar-refractivity contribution in [3.8, 4) is 17.2 Å². The summed E-state index contributed by atoms with van der Waals surface area (Å²) >= 11 is 1.28. The Morgan fingerprint density at radius 1 is 0.950 bits per heavy atom. The van der Waals surface area contributed by atoms with Crippen molar-refractivity contribution >= 4 is 29.0 Å². The molecule has 1 aromatic heterocycles. The van der Waals surface area contributed by atoms with Gasteiger partial charge in [0.25, 0.3) is 11.5 Å². The maximum atomic E-state index is 14.0. The van der Waals surface area contributed by atoms with Crippen LogP contribution in [-0.4, -0.2) is 31.8 Å². The van der Waals surface area contributed by atoms with E-state index in [1.807, 2.05) is 67.6 Å². The number of aryl methyl sites for hydroxylation is 1. The molecule has 0 saturated heterocycles. The van der Waals surface area contributed by atoms with Crippen molar-refractivity contribution in [2.75, 3.05) is 26.6 Å². The van der Waals surface area contributed by atoms with Crippen LogP contribution in [0.1, 0.15) is 29.7 Å². The van der Waals surface area contributed by atoms with Crippen molar-refractivity contribution in [1.29, 1.82) is 0 Å². The third kappa shape index (κ3) is 5.03. The first-order valence-electron chi connectivity index (χ1n) is 12.6. The summed E-state index contributed by atoms with van der Waals surface area (Å²) in [5.74, 6) is 1.48. The topological polar surface area (TPSA) is 91.1 Å². The van der Waals surface area contributed by atoms with Crippen LogP contribution < -0.4 is 34.4 Å². The Labute approximate surface area is 235 Å². The van der Waals surface area contributed by atoms with Crippen LogP contribution >= 0.6 is 11.3 Å². The summed E-state index contributed by atoms with van der Waals surface area (Å²) in [6.45, 7) is 3.75. The summed E-state index contributed by atoms with van der Waals surface area (Å²) in [7, 11) is 4.74. The van der Waals surface area contributed by atoms with Gasteiger partial charge in [-0.25, -0.2) is 4.99 Å². The van der Waals surface area contributed by atoms with Crippen LogP contribution in [-0.2, 0) is 4.79 Å². The minimum absolute atomic E-state index is 0.251. The predicted octanol–water partition coefficient (Wildman–Crippen LogP) is 4.21. The molecule has 5 rings (SSSR count). The number of benzene rings is 3. The molecule has 0 bridgehead atoms. The van der Waals surface area contributed by atoms with E-state index in [9.17, 15) is 9.59 Å². The molecule has 4 aromatic rings. The fourth-order valence-corrected chi connectivity index (χ4v) is 5.79. The average molecular weight is 556 g/mol. The number of allylic oxidation sites excluding steroid dienone is 1. The lowest BCUT2D eigenvalue weighted by Gasteiger charge is -2.26. The Kier molecular flexibility index (Phi) is 7.57. The van der Waals surface area contributed by atoms with Crippen molar-refractivity contribution in [3.63, 3.8) is 0 Å². The summed E-state index contributed by atoms with van der Waals surface area (Å²) in [5.41, 5.74) is 3.76. The van der Waals surface area contributed by atoms with Crippen molar-refractivity contribution < 1.29 is 19.0 Å². The van der Waals surface area contributed by atoms with Gasteiger partial charge in [0, 0.05) is 17.3 Å². The van der Waals surface area contributed by atoms with Crippen LogP contribution in [0.2, 0.25) is 0 Å². The number of hydrogen-bond donors (Lipinski definition) is 1. The largest absolute Gasteiger partial charge is 0.497 e. The van der Waals surface area contributed by atoms with Crippen molar-refractivity contribution in [2.45, 2.75) is 19.9 Å². The maximum Gasteiger partial charge on any atom is 0.271 e. The molecular formula is C31H29N3O5S. The molecule has 1 amide bonds. The second kappa shape index (κ2) is 11.2. The van der Waals surface area contributed by atoms with Crippen LogP contribution in [0, 0.1) is 6.92 Å². The molecule has 1 aliphatic heterocycles. The molecule has 204 valence electrons.